The Kier molecular flexibility index (Phi) is 4.44. The first-order valence-corrected chi connectivity index (χ1v) is 7.82. The molecule has 0 spiro atoms. The zero-order chi connectivity index (χ0) is 13.1. The lowest BCUT2D eigenvalue weighted by molar-refractivity contribution is 0.331. The van der Waals surface area contributed by atoms with Gasteiger partial charge in [0.1, 0.15) is 12.4 Å². The van der Waals surface area contributed by atoms with E-state index in [-0.39, 0.29) is 17.8 Å². The minimum Gasteiger partial charge on any atom is -0.492 e. The van der Waals surface area contributed by atoms with Crippen molar-refractivity contribution in [1.29, 1.82) is 0 Å². The summed E-state index contributed by atoms with van der Waals surface area (Å²) in [6.07, 6.45) is 0. The van der Waals surface area contributed by atoms with Crippen LogP contribution in [0.3, 0.4) is 0 Å². The van der Waals surface area contributed by atoms with Crippen molar-refractivity contribution in [3.8, 4) is 5.75 Å². The number of hydrogen-bond acceptors (Lipinski definition) is 3. The molecular formula is C12H17ClO3S. The van der Waals surface area contributed by atoms with E-state index in [9.17, 15) is 8.42 Å². The quantitative estimate of drug-likeness (QED) is 0.794. The summed E-state index contributed by atoms with van der Waals surface area (Å²) in [7, 11) is 1.63. The van der Waals surface area contributed by atoms with Crippen molar-refractivity contribution in [1.82, 2.24) is 0 Å². The van der Waals surface area contributed by atoms with Gasteiger partial charge in [-0.05, 0) is 17.0 Å². The predicted octanol–water partition coefficient (Wildman–Crippen LogP) is 2.93. The van der Waals surface area contributed by atoms with Gasteiger partial charge >= 0.3 is 0 Å². The van der Waals surface area contributed by atoms with Crippen molar-refractivity contribution in [2.45, 2.75) is 26.2 Å². The number of ether oxygens (including phenoxy) is 1. The van der Waals surface area contributed by atoms with E-state index in [0.29, 0.717) is 5.75 Å². The predicted molar refractivity (Wildman–Crippen MR) is 70.3 cm³/mol. The molecule has 0 heterocycles. The van der Waals surface area contributed by atoms with E-state index in [1.807, 2.05) is 24.3 Å². The monoisotopic (exact) mass is 276 g/mol. The molecule has 0 bridgehead atoms. The van der Waals surface area contributed by atoms with Crippen LogP contribution in [-0.4, -0.2) is 20.8 Å². The average Bonchev–Trinajstić information content (AvgIpc) is 2.15. The summed E-state index contributed by atoms with van der Waals surface area (Å²) in [5.74, 6) is 0.521. The Morgan fingerprint density at radius 3 is 2.35 bits per heavy atom. The third kappa shape index (κ3) is 4.96. The molecule has 0 saturated carbocycles. The number of hydrogen-bond donors (Lipinski definition) is 0. The molecule has 1 aromatic carbocycles. The molecule has 17 heavy (non-hydrogen) atoms. The summed E-state index contributed by atoms with van der Waals surface area (Å²) in [4.78, 5) is 0. The molecule has 0 amide bonds. The molecule has 0 aliphatic rings. The lowest BCUT2D eigenvalue weighted by atomic mass is 9.86. The molecule has 0 N–H and O–H groups in total. The van der Waals surface area contributed by atoms with Gasteiger partial charge in [0.05, 0.1) is 5.75 Å². The molecule has 1 aromatic rings. The van der Waals surface area contributed by atoms with Crippen LogP contribution in [0.1, 0.15) is 26.3 Å². The van der Waals surface area contributed by atoms with E-state index >= 15 is 0 Å². The first kappa shape index (κ1) is 14.3. The normalized spacial score (nSPS) is 12.5. The van der Waals surface area contributed by atoms with Gasteiger partial charge in [-0.3, -0.25) is 0 Å². The van der Waals surface area contributed by atoms with E-state index in [1.165, 1.54) is 0 Å². The van der Waals surface area contributed by atoms with Gasteiger partial charge in [-0.15, -0.1) is 0 Å². The fraction of sp³-hybridized carbons (Fsp3) is 0.500. The Morgan fingerprint density at radius 1 is 1.24 bits per heavy atom. The van der Waals surface area contributed by atoms with Crippen molar-refractivity contribution < 1.29 is 13.2 Å². The lowest BCUT2D eigenvalue weighted by Gasteiger charge is -2.22. The number of para-hydroxylation sites is 1. The molecule has 0 aliphatic heterocycles. The van der Waals surface area contributed by atoms with Crippen LogP contribution in [0.2, 0.25) is 0 Å². The van der Waals surface area contributed by atoms with Crippen molar-refractivity contribution >= 4 is 19.7 Å². The lowest BCUT2D eigenvalue weighted by Crippen LogP contribution is -2.15. The smallest absolute Gasteiger partial charge is 0.235 e. The van der Waals surface area contributed by atoms with E-state index in [1.54, 1.807) is 0 Å². The average molecular weight is 277 g/mol. The highest BCUT2D eigenvalue weighted by atomic mass is 35.7. The number of rotatable bonds is 4. The highest BCUT2D eigenvalue weighted by Gasteiger charge is 2.18. The SMILES string of the molecule is CC(C)(C)c1ccccc1OCCS(=O)(=O)Cl. The van der Waals surface area contributed by atoms with Crippen LogP contribution in [0, 0.1) is 0 Å². The van der Waals surface area contributed by atoms with Crippen LogP contribution < -0.4 is 4.74 Å². The van der Waals surface area contributed by atoms with Gasteiger partial charge in [0, 0.05) is 10.7 Å². The van der Waals surface area contributed by atoms with Gasteiger partial charge in [-0.25, -0.2) is 8.42 Å². The Bertz CT molecular complexity index is 475. The van der Waals surface area contributed by atoms with E-state index in [0.717, 1.165) is 5.56 Å². The molecule has 0 saturated heterocycles. The van der Waals surface area contributed by atoms with Crippen LogP contribution in [0.25, 0.3) is 0 Å². The summed E-state index contributed by atoms with van der Waals surface area (Å²) >= 11 is 0. The summed E-state index contributed by atoms with van der Waals surface area (Å²) in [6.45, 7) is 6.30. The van der Waals surface area contributed by atoms with Crippen LogP contribution in [0.15, 0.2) is 24.3 Å². The van der Waals surface area contributed by atoms with Gasteiger partial charge < -0.3 is 4.74 Å². The maximum absolute atomic E-state index is 10.8. The molecule has 0 unspecified atom stereocenters. The van der Waals surface area contributed by atoms with Crippen molar-refractivity contribution in [3.05, 3.63) is 29.8 Å². The Balaban J connectivity index is 2.78. The topological polar surface area (TPSA) is 43.4 Å². The second kappa shape index (κ2) is 5.27. The van der Waals surface area contributed by atoms with Crippen molar-refractivity contribution in [2.24, 2.45) is 0 Å². The van der Waals surface area contributed by atoms with E-state index in [4.69, 9.17) is 15.4 Å². The Labute approximate surface area is 107 Å². The molecule has 0 radical (unpaired) electrons. The molecule has 1 rings (SSSR count). The molecule has 3 nitrogen and oxygen atoms in total. The maximum atomic E-state index is 10.8. The van der Waals surface area contributed by atoms with Gasteiger partial charge in [0.15, 0.2) is 0 Å². The molecule has 0 fully saturated rings. The standard InChI is InChI=1S/C12H17ClO3S/c1-12(2,3)10-6-4-5-7-11(10)16-8-9-17(13,14)15/h4-7H,8-9H2,1-3H3. The fourth-order valence-corrected chi connectivity index (χ4v) is 1.93. The summed E-state index contributed by atoms with van der Waals surface area (Å²) in [5, 5.41) is 0. The zero-order valence-electron chi connectivity index (χ0n) is 10.2. The molecule has 0 aliphatic carbocycles. The Morgan fingerprint density at radius 2 is 1.82 bits per heavy atom. The minimum atomic E-state index is -3.50. The minimum absolute atomic E-state index is 0.0452. The highest BCUT2D eigenvalue weighted by molar-refractivity contribution is 8.13. The fourth-order valence-electron chi connectivity index (χ4n) is 1.46. The first-order chi connectivity index (χ1) is 7.70. The van der Waals surface area contributed by atoms with Gasteiger partial charge in [-0.1, -0.05) is 39.0 Å². The summed E-state index contributed by atoms with van der Waals surface area (Å²) in [5.41, 5.74) is 1.00. The first-order valence-electron chi connectivity index (χ1n) is 5.35. The highest BCUT2D eigenvalue weighted by Crippen LogP contribution is 2.30. The summed E-state index contributed by atoms with van der Waals surface area (Å²) in [6, 6.07) is 7.61. The number of halogens is 1. The maximum Gasteiger partial charge on any atom is 0.235 e. The van der Waals surface area contributed by atoms with Gasteiger partial charge in [-0.2, -0.15) is 0 Å². The third-order valence-electron chi connectivity index (χ3n) is 2.28. The molecular weight excluding hydrogens is 260 g/mol. The largest absolute Gasteiger partial charge is 0.492 e. The van der Waals surface area contributed by atoms with Crippen LogP contribution in [-0.2, 0) is 14.5 Å². The Hall–Kier alpha value is -0.740. The number of benzene rings is 1. The second-order valence-electron chi connectivity index (χ2n) is 4.84. The second-order valence-corrected chi connectivity index (χ2v) is 7.73. The van der Waals surface area contributed by atoms with E-state index < -0.39 is 9.05 Å². The van der Waals surface area contributed by atoms with Gasteiger partial charge in [0.25, 0.3) is 0 Å². The zero-order valence-corrected chi connectivity index (χ0v) is 11.8. The third-order valence-corrected chi connectivity index (χ3v) is 3.40. The molecule has 96 valence electrons. The van der Waals surface area contributed by atoms with Gasteiger partial charge in [0.2, 0.25) is 9.05 Å². The van der Waals surface area contributed by atoms with Crippen molar-refractivity contribution in [3.63, 3.8) is 0 Å². The molecule has 0 atom stereocenters. The van der Waals surface area contributed by atoms with Crippen LogP contribution in [0.4, 0.5) is 0 Å². The van der Waals surface area contributed by atoms with Crippen LogP contribution >= 0.6 is 10.7 Å². The van der Waals surface area contributed by atoms with E-state index in [2.05, 4.69) is 20.8 Å². The van der Waals surface area contributed by atoms with Crippen LogP contribution in [0.5, 0.6) is 5.75 Å². The van der Waals surface area contributed by atoms with Crippen molar-refractivity contribution in [2.75, 3.05) is 12.4 Å². The molecule has 5 heteroatoms. The summed E-state index contributed by atoms with van der Waals surface area (Å²) < 4.78 is 27.1. The molecule has 0 aromatic heterocycles.